The van der Waals surface area contributed by atoms with Gasteiger partial charge in [-0.25, -0.2) is 0 Å². The van der Waals surface area contributed by atoms with Gasteiger partial charge in [-0.1, -0.05) is 11.3 Å². The summed E-state index contributed by atoms with van der Waals surface area (Å²) in [5.41, 5.74) is 3.04. The summed E-state index contributed by atoms with van der Waals surface area (Å²) in [6.45, 7) is 3.87. The van der Waals surface area contributed by atoms with Gasteiger partial charge in [0.2, 0.25) is 0 Å². The zero-order valence-corrected chi connectivity index (χ0v) is 16.3. The van der Waals surface area contributed by atoms with Gasteiger partial charge in [-0.05, 0) is 49.2 Å². The number of carbonyl (C=O) groups excluding carboxylic acids is 2. The van der Waals surface area contributed by atoms with E-state index in [9.17, 15) is 19.7 Å². The Balaban J connectivity index is 2.11. The number of nitrogens with zero attached hydrogens (tertiary/aromatic N) is 3. The van der Waals surface area contributed by atoms with E-state index >= 15 is 0 Å². The Hall–Kier alpha value is -3.33. The third kappa shape index (κ3) is 3.84. The molecular formula is C19H17N3O5S. The monoisotopic (exact) mass is 399 g/mol. The molecular weight excluding hydrogens is 382 g/mol. The average molecular weight is 399 g/mol. The van der Waals surface area contributed by atoms with Crippen LogP contribution in [0.15, 0.2) is 41.4 Å². The molecule has 3 aromatic rings. The predicted octanol–water partition coefficient (Wildman–Crippen LogP) is 3.14. The van der Waals surface area contributed by atoms with Gasteiger partial charge in [-0.2, -0.15) is 4.99 Å². The highest BCUT2D eigenvalue weighted by atomic mass is 32.1. The lowest BCUT2D eigenvalue weighted by atomic mass is 10.1. The summed E-state index contributed by atoms with van der Waals surface area (Å²) < 4.78 is 7.29. The van der Waals surface area contributed by atoms with E-state index in [1.165, 1.54) is 42.7 Å². The number of hydrogen-bond donors (Lipinski definition) is 0. The van der Waals surface area contributed by atoms with Crippen LogP contribution >= 0.6 is 11.3 Å². The number of nitro benzene ring substituents is 1. The summed E-state index contributed by atoms with van der Waals surface area (Å²) in [6, 6.07) is 9.15. The number of amides is 1. The number of aryl methyl sites for hydroxylation is 2. The van der Waals surface area contributed by atoms with Crippen LogP contribution in [0.3, 0.4) is 0 Å². The fourth-order valence-electron chi connectivity index (χ4n) is 2.63. The molecule has 3 rings (SSSR count). The second-order valence-corrected chi connectivity index (χ2v) is 7.18. The highest BCUT2D eigenvalue weighted by Crippen LogP contribution is 2.22. The molecule has 1 amide bonds. The molecule has 1 aromatic heterocycles. The maximum atomic E-state index is 12.6. The lowest BCUT2D eigenvalue weighted by molar-refractivity contribution is -0.384. The van der Waals surface area contributed by atoms with Crippen molar-refractivity contribution in [3.05, 3.63) is 68.0 Å². The number of rotatable bonds is 4. The molecule has 9 heteroatoms. The van der Waals surface area contributed by atoms with Crippen molar-refractivity contribution >= 4 is 39.1 Å². The fourth-order valence-corrected chi connectivity index (χ4v) is 3.74. The molecule has 144 valence electrons. The summed E-state index contributed by atoms with van der Waals surface area (Å²) in [6.07, 6.45) is 0. The van der Waals surface area contributed by atoms with E-state index in [-0.39, 0.29) is 17.8 Å². The quantitative estimate of drug-likeness (QED) is 0.381. The number of nitro groups is 1. The first-order chi connectivity index (χ1) is 13.3. The predicted molar refractivity (Wildman–Crippen MR) is 104 cm³/mol. The third-order valence-corrected chi connectivity index (χ3v) is 5.38. The second kappa shape index (κ2) is 7.73. The van der Waals surface area contributed by atoms with Gasteiger partial charge in [-0.3, -0.25) is 19.7 Å². The smallest absolute Gasteiger partial charge is 0.325 e. The first-order valence-corrected chi connectivity index (χ1v) is 9.12. The Morgan fingerprint density at radius 1 is 1.18 bits per heavy atom. The van der Waals surface area contributed by atoms with Gasteiger partial charge in [0.05, 0.1) is 22.2 Å². The number of methoxy groups -OCH3 is 1. The molecule has 0 spiro atoms. The van der Waals surface area contributed by atoms with Crippen LogP contribution in [0.25, 0.3) is 10.2 Å². The molecule has 0 fully saturated rings. The molecule has 1 heterocycles. The van der Waals surface area contributed by atoms with Crippen molar-refractivity contribution in [1.82, 2.24) is 4.57 Å². The van der Waals surface area contributed by atoms with Crippen molar-refractivity contribution in [3.63, 3.8) is 0 Å². The fraction of sp³-hybridized carbons (Fsp3) is 0.211. The maximum Gasteiger partial charge on any atom is 0.325 e. The molecule has 8 nitrogen and oxygen atoms in total. The van der Waals surface area contributed by atoms with Crippen molar-refractivity contribution in [1.29, 1.82) is 0 Å². The maximum absolute atomic E-state index is 12.6. The van der Waals surface area contributed by atoms with Gasteiger partial charge in [0.15, 0.2) is 4.80 Å². The van der Waals surface area contributed by atoms with Crippen molar-refractivity contribution in [3.8, 4) is 0 Å². The number of hydrogen-bond acceptors (Lipinski definition) is 6. The van der Waals surface area contributed by atoms with Gasteiger partial charge >= 0.3 is 5.97 Å². The van der Waals surface area contributed by atoms with Gasteiger partial charge in [0.1, 0.15) is 6.54 Å². The second-order valence-electron chi connectivity index (χ2n) is 6.17. The molecule has 0 aliphatic rings. The van der Waals surface area contributed by atoms with E-state index in [0.717, 1.165) is 21.3 Å². The molecule has 0 N–H and O–H groups in total. The first kappa shape index (κ1) is 19.4. The summed E-state index contributed by atoms with van der Waals surface area (Å²) in [7, 11) is 1.30. The number of carbonyl (C=O) groups is 2. The van der Waals surface area contributed by atoms with E-state index in [1.807, 2.05) is 26.0 Å². The van der Waals surface area contributed by atoms with Crippen LogP contribution < -0.4 is 4.80 Å². The zero-order chi connectivity index (χ0) is 20.4. The molecule has 0 aliphatic heterocycles. The van der Waals surface area contributed by atoms with Gasteiger partial charge in [0.25, 0.3) is 11.6 Å². The van der Waals surface area contributed by atoms with Crippen LogP contribution in [0, 0.1) is 24.0 Å². The minimum Gasteiger partial charge on any atom is -0.468 e. The molecule has 0 bridgehead atoms. The summed E-state index contributed by atoms with van der Waals surface area (Å²) in [5.74, 6) is -1.00. The molecule has 0 saturated carbocycles. The van der Waals surface area contributed by atoms with Crippen molar-refractivity contribution < 1.29 is 19.2 Å². The Morgan fingerprint density at radius 3 is 2.43 bits per heavy atom. The summed E-state index contributed by atoms with van der Waals surface area (Å²) >= 11 is 1.29. The molecule has 2 aromatic carbocycles. The van der Waals surface area contributed by atoms with Crippen LogP contribution in [0.4, 0.5) is 5.69 Å². The highest BCUT2D eigenvalue weighted by molar-refractivity contribution is 7.16. The van der Waals surface area contributed by atoms with Crippen molar-refractivity contribution in [2.24, 2.45) is 4.99 Å². The standard InChI is InChI=1S/C19H17N3O5S/c1-11-8-15-16(9-12(11)2)28-19(21(15)10-17(23)27-3)20-18(24)13-4-6-14(7-5-13)22(25)26/h4-9H,10H2,1-3H3. The lowest BCUT2D eigenvalue weighted by Crippen LogP contribution is -2.22. The summed E-state index contributed by atoms with van der Waals surface area (Å²) in [4.78, 5) is 39.1. The van der Waals surface area contributed by atoms with Crippen LogP contribution in [0.2, 0.25) is 0 Å². The normalized spacial score (nSPS) is 11.6. The highest BCUT2D eigenvalue weighted by Gasteiger charge is 2.14. The van der Waals surface area contributed by atoms with Crippen LogP contribution in [-0.2, 0) is 16.1 Å². The third-order valence-electron chi connectivity index (χ3n) is 4.34. The minimum atomic E-state index is -0.548. The number of ether oxygens (including phenoxy) is 1. The molecule has 0 unspecified atom stereocenters. The number of thiazole rings is 1. The number of non-ortho nitro benzene ring substituents is 1. The van der Waals surface area contributed by atoms with Crippen molar-refractivity contribution in [2.75, 3.05) is 7.11 Å². The molecule has 0 aliphatic carbocycles. The van der Waals surface area contributed by atoms with E-state index in [2.05, 4.69) is 4.99 Å². The average Bonchev–Trinajstić information content (AvgIpc) is 2.98. The molecule has 0 radical (unpaired) electrons. The number of esters is 1. The SMILES string of the molecule is COC(=O)Cn1c(=NC(=O)c2ccc([N+](=O)[O-])cc2)sc2cc(C)c(C)cc21. The van der Waals surface area contributed by atoms with Crippen molar-refractivity contribution in [2.45, 2.75) is 20.4 Å². The summed E-state index contributed by atoms with van der Waals surface area (Å²) in [5, 5.41) is 10.8. The topological polar surface area (TPSA) is 104 Å². The van der Waals surface area contributed by atoms with E-state index in [4.69, 9.17) is 4.74 Å². The van der Waals surface area contributed by atoms with Gasteiger partial charge in [0, 0.05) is 17.7 Å². The Kier molecular flexibility index (Phi) is 5.36. The number of benzene rings is 2. The molecule has 0 atom stereocenters. The Morgan fingerprint density at radius 2 is 1.82 bits per heavy atom. The van der Waals surface area contributed by atoms with E-state index in [1.54, 1.807) is 4.57 Å². The first-order valence-electron chi connectivity index (χ1n) is 8.31. The number of fused-ring (bicyclic) bond motifs is 1. The Bertz CT molecular complexity index is 1160. The van der Waals surface area contributed by atoms with Crippen LogP contribution in [-0.4, -0.2) is 28.5 Å². The van der Waals surface area contributed by atoms with Crippen LogP contribution in [0.5, 0.6) is 0 Å². The van der Waals surface area contributed by atoms with Crippen LogP contribution in [0.1, 0.15) is 21.5 Å². The van der Waals surface area contributed by atoms with Gasteiger partial charge < -0.3 is 9.30 Å². The Labute approximate surface area is 163 Å². The van der Waals surface area contributed by atoms with Gasteiger partial charge in [-0.15, -0.1) is 0 Å². The molecule has 28 heavy (non-hydrogen) atoms. The molecule has 0 saturated heterocycles. The zero-order valence-electron chi connectivity index (χ0n) is 15.5. The lowest BCUT2D eigenvalue weighted by Gasteiger charge is -2.05. The minimum absolute atomic E-state index is 0.0780. The van der Waals surface area contributed by atoms with E-state index in [0.29, 0.717) is 4.80 Å². The number of aromatic nitrogens is 1. The largest absolute Gasteiger partial charge is 0.468 e. The van der Waals surface area contributed by atoms with E-state index < -0.39 is 16.8 Å².